The van der Waals surface area contributed by atoms with Crippen LogP contribution in [0, 0.1) is 22.7 Å². The molecular weight excluding hydrogens is 581 g/mol. The maximum atomic E-state index is 14.6. The number of aliphatic carboxylic acids is 1. The Morgan fingerprint density at radius 3 is 2.70 bits per heavy atom. The number of nitrogens with two attached hydrogens (primary N) is 1. The Kier molecular flexibility index (Phi) is 9.58. The van der Waals surface area contributed by atoms with E-state index in [2.05, 4.69) is 21.0 Å². The molecule has 1 saturated heterocycles. The molecule has 0 aliphatic carbocycles. The third kappa shape index (κ3) is 6.43. The van der Waals surface area contributed by atoms with Crippen molar-refractivity contribution in [2.24, 2.45) is 11.3 Å². The highest BCUT2D eigenvalue weighted by molar-refractivity contribution is 7.51. The highest BCUT2D eigenvalue weighted by Gasteiger charge is 2.56. The van der Waals surface area contributed by atoms with Gasteiger partial charge in [-0.25, -0.2) is 9.55 Å². The van der Waals surface area contributed by atoms with Gasteiger partial charge in [-0.3, -0.25) is 23.7 Å². The van der Waals surface area contributed by atoms with Gasteiger partial charge in [0.1, 0.15) is 29.4 Å². The number of aliphatic hydroxyl groups excluding tert-OH is 1. The lowest BCUT2D eigenvalue weighted by atomic mass is 9.84. The number of rotatable bonds is 13. The number of carboxylic acid groups (broad SMARTS) is 1. The number of benzene rings is 1. The van der Waals surface area contributed by atoms with Crippen LogP contribution < -0.4 is 15.8 Å². The van der Waals surface area contributed by atoms with E-state index in [1.54, 1.807) is 30.3 Å². The van der Waals surface area contributed by atoms with Crippen LogP contribution in [-0.2, 0) is 18.6 Å². The number of ether oxygens (including phenoxy) is 1. The van der Waals surface area contributed by atoms with Gasteiger partial charge in [0.25, 0.3) is 5.56 Å². The van der Waals surface area contributed by atoms with E-state index in [1.165, 1.54) is 29.4 Å². The number of hydrogen-bond acceptors (Lipinski definition) is 11. The van der Waals surface area contributed by atoms with E-state index in [0.29, 0.717) is 0 Å². The molecule has 0 radical (unpaired) electrons. The number of aliphatic hydroxyl groups is 1. The first-order valence-corrected chi connectivity index (χ1v) is 15.3. The van der Waals surface area contributed by atoms with E-state index < -0.39 is 55.8 Å². The average Bonchev–Trinajstić information content (AvgIpc) is 3.49. The predicted octanol–water partition coefficient (Wildman–Crippen LogP) is 2.90. The van der Waals surface area contributed by atoms with Crippen LogP contribution in [0.15, 0.2) is 41.5 Å². The quantitative estimate of drug-likeness (QED) is 0.203. The van der Waals surface area contributed by atoms with E-state index in [9.17, 15) is 29.6 Å². The van der Waals surface area contributed by atoms with Gasteiger partial charge >= 0.3 is 13.7 Å². The third-order valence-electron chi connectivity index (χ3n) is 7.49. The van der Waals surface area contributed by atoms with Gasteiger partial charge in [-0.1, -0.05) is 38.5 Å². The largest absolute Gasteiger partial charge is 0.480 e. The smallest absolute Gasteiger partial charge is 0.462 e. The predicted molar refractivity (Wildman–Crippen MR) is 155 cm³/mol. The molecule has 1 aliphatic rings. The van der Waals surface area contributed by atoms with Crippen LogP contribution >= 0.6 is 7.75 Å². The molecule has 0 saturated carbocycles. The molecule has 1 aromatic carbocycles. The van der Waals surface area contributed by atoms with Crippen molar-refractivity contribution in [3.8, 4) is 11.8 Å². The van der Waals surface area contributed by atoms with Crippen LogP contribution in [0.3, 0.4) is 0 Å². The summed E-state index contributed by atoms with van der Waals surface area (Å²) >= 11 is 0. The zero-order chi connectivity index (χ0) is 31.5. The molecule has 16 heteroatoms. The van der Waals surface area contributed by atoms with Gasteiger partial charge < -0.3 is 25.2 Å². The van der Waals surface area contributed by atoms with Gasteiger partial charge in [-0.2, -0.15) is 14.9 Å². The SMILES string of the molecule is CCCC(C)CN(C(C)C(=O)O)[P@@](=O)(OC[C@H]1O[C@@H](n2cnc3c(=O)[nH]c(N)nc32)[C@](C)(C#N)[C@@H]1O)Oc1ccccc1. The molecule has 0 bridgehead atoms. The summed E-state index contributed by atoms with van der Waals surface area (Å²) in [4.78, 5) is 35.0. The number of para-hydroxylation sites is 1. The molecule has 3 heterocycles. The van der Waals surface area contributed by atoms with Gasteiger partial charge in [0, 0.05) is 6.54 Å². The number of nitrogens with zero attached hydrogens (tertiary/aromatic N) is 5. The molecule has 2 aromatic heterocycles. The highest BCUT2D eigenvalue weighted by atomic mass is 31.2. The zero-order valence-corrected chi connectivity index (χ0v) is 25.2. The van der Waals surface area contributed by atoms with Crippen molar-refractivity contribution in [3.63, 3.8) is 0 Å². The number of carboxylic acids is 1. The Balaban J connectivity index is 1.68. The first-order valence-electron chi connectivity index (χ1n) is 13.8. The summed E-state index contributed by atoms with van der Waals surface area (Å²) in [6.45, 7) is 6.29. The number of H-pyrrole nitrogens is 1. The lowest BCUT2D eigenvalue weighted by Crippen LogP contribution is -2.42. The van der Waals surface area contributed by atoms with Gasteiger partial charge in [0.2, 0.25) is 5.95 Å². The second-order valence-corrected chi connectivity index (χ2v) is 12.7. The minimum atomic E-state index is -4.42. The molecular formula is C27H36N7O8P. The number of imidazole rings is 1. The lowest BCUT2D eigenvalue weighted by Gasteiger charge is -2.35. The van der Waals surface area contributed by atoms with E-state index in [0.717, 1.165) is 12.8 Å². The standard InChI is InChI=1S/C27H36N7O8P/c1-5-9-16(2)12-34(17(3)24(37)38)43(39,42-18-10-7-6-8-11-18)40-13-19-21(35)27(4,14-28)25(41-19)33-15-30-20-22(33)31-26(29)32-23(20)36/h6-8,10-11,15-17,19,21,25,35H,5,9,12-13H2,1-4H3,(H,37,38)(H3,29,31,32,36)/t16?,17?,19-,21-,25-,27-,43-/m1/s1. The third-order valence-corrected chi connectivity index (χ3v) is 9.55. The highest BCUT2D eigenvalue weighted by Crippen LogP contribution is 2.55. The van der Waals surface area contributed by atoms with Crippen LogP contribution in [0.4, 0.5) is 5.95 Å². The summed E-state index contributed by atoms with van der Waals surface area (Å²) in [6, 6.07) is 9.00. The number of nitrogens with one attached hydrogen (secondary N) is 1. The number of fused-ring (bicyclic) bond motifs is 1. The fourth-order valence-corrected chi connectivity index (χ4v) is 7.10. The molecule has 1 fully saturated rings. The first kappa shape index (κ1) is 32.1. The summed E-state index contributed by atoms with van der Waals surface area (Å²) in [6.07, 6.45) is -1.10. The summed E-state index contributed by atoms with van der Waals surface area (Å²) in [5, 5.41) is 31.3. The van der Waals surface area contributed by atoms with Crippen LogP contribution in [0.5, 0.6) is 5.75 Å². The summed E-state index contributed by atoms with van der Waals surface area (Å²) in [7, 11) is -4.42. The average molecular weight is 618 g/mol. The van der Waals surface area contributed by atoms with Crippen molar-refractivity contribution < 1.29 is 33.4 Å². The molecule has 232 valence electrons. The normalized spacial score (nSPS) is 24.8. The monoisotopic (exact) mass is 617 g/mol. The van der Waals surface area contributed by atoms with Crippen molar-refractivity contribution in [2.45, 2.75) is 65.0 Å². The number of nitrogen functional groups attached to an aromatic ring is 1. The molecule has 2 unspecified atom stereocenters. The van der Waals surface area contributed by atoms with Gasteiger partial charge in [-0.05, 0) is 38.3 Å². The van der Waals surface area contributed by atoms with E-state index >= 15 is 0 Å². The Bertz CT molecular complexity index is 1590. The fraction of sp³-hybridized carbons (Fsp3) is 0.519. The summed E-state index contributed by atoms with van der Waals surface area (Å²) in [5.41, 5.74) is 3.50. The molecule has 1 aliphatic heterocycles. The Morgan fingerprint density at radius 2 is 2.07 bits per heavy atom. The lowest BCUT2D eigenvalue weighted by molar-refractivity contribution is -0.141. The van der Waals surface area contributed by atoms with Crippen molar-refractivity contribution in [1.82, 2.24) is 24.2 Å². The summed E-state index contributed by atoms with van der Waals surface area (Å²) in [5.74, 6) is -1.28. The van der Waals surface area contributed by atoms with Gasteiger partial charge in [0.15, 0.2) is 17.4 Å². The molecule has 43 heavy (non-hydrogen) atoms. The molecule has 0 spiro atoms. The Labute approximate surface area is 247 Å². The number of aromatic nitrogens is 4. The van der Waals surface area contributed by atoms with Crippen molar-refractivity contribution in [1.29, 1.82) is 5.26 Å². The van der Waals surface area contributed by atoms with Crippen molar-refractivity contribution >= 4 is 30.8 Å². The second-order valence-electron chi connectivity index (χ2n) is 10.8. The second kappa shape index (κ2) is 12.8. The molecule has 15 nitrogen and oxygen atoms in total. The van der Waals surface area contributed by atoms with Crippen LogP contribution in [0.2, 0.25) is 0 Å². The Morgan fingerprint density at radius 1 is 1.37 bits per heavy atom. The maximum Gasteiger partial charge on any atom is 0.462 e. The number of nitriles is 1. The molecule has 7 atom stereocenters. The van der Waals surface area contributed by atoms with Crippen LogP contribution in [0.1, 0.15) is 46.8 Å². The van der Waals surface area contributed by atoms with E-state index in [4.69, 9.17) is 19.5 Å². The van der Waals surface area contributed by atoms with Crippen LogP contribution in [0.25, 0.3) is 11.2 Å². The molecule has 5 N–H and O–H groups in total. The minimum Gasteiger partial charge on any atom is -0.480 e. The first-order chi connectivity index (χ1) is 20.3. The number of hydrogen-bond donors (Lipinski definition) is 4. The van der Waals surface area contributed by atoms with Crippen molar-refractivity contribution in [2.75, 3.05) is 18.9 Å². The Hall–Kier alpha value is -3.80. The molecule has 0 amide bonds. The van der Waals surface area contributed by atoms with E-state index in [1.807, 2.05) is 13.8 Å². The topological polar surface area (TPSA) is 219 Å². The summed E-state index contributed by atoms with van der Waals surface area (Å²) < 4.78 is 35.0. The van der Waals surface area contributed by atoms with E-state index in [-0.39, 0.29) is 35.3 Å². The number of anilines is 1. The molecule has 3 aromatic rings. The van der Waals surface area contributed by atoms with Gasteiger partial charge in [0.05, 0.1) is 19.0 Å². The molecule has 4 rings (SSSR count). The maximum absolute atomic E-state index is 14.6. The number of aromatic amines is 1. The van der Waals surface area contributed by atoms with Crippen LogP contribution in [-0.4, -0.2) is 71.8 Å². The minimum absolute atomic E-state index is 0.0333. The zero-order valence-electron chi connectivity index (χ0n) is 24.3. The number of carbonyl (C=O) groups is 1. The fourth-order valence-electron chi connectivity index (χ4n) is 5.07. The van der Waals surface area contributed by atoms with Gasteiger partial charge in [-0.15, -0.1) is 0 Å². The van der Waals surface area contributed by atoms with Crippen molar-refractivity contribution in [3.05, 3.63) is 47.0 Å².